The van der Waals surface area contributed by atoms with Gasteiger partial charge in [0.25, 0.3) is 15.0 Å². The van der Waals surface area contributed by atoms with E-state index in [1.54, 1.807) is 13.0 Å². The zero-order chi connectivity index (χ0) is 15.6. The van der Waals surface area contributed by atoms with E-state index in [9.17, 15) is 13.2 Å². The second-order valence-electron chi connectivity index (χ2n) is 4.96. The highest BCUT2D eigenvalue weighted by Crippen LogP contribution is 2.28. The molecule has 5 nitrogen and oxygen atoms in total. The molecule has 1 unspecified atom stereocenters. The molecule has 0 aliphatic carbocycles. The first-order chi connectivity index (χ1) is 9.79. The summed E-state index contributed by atoms with van der Waals surface area (Å²) < 4.78 is 28.9. The third-order valence-corrected chi connectivity index (χ3v) is 5.67. The number of carbonyl (C=O) groups excluding carboxylic acids is 1. The molecule has 0 aromatic heterocycles. The molecule has 1 heterocycles. The van der Waals surface area contributed by atoms with E-state index in [4.69, 9.17) is 15.4 Å². The van der Waals surface area contributed by atoms with Gasteiger partial charge in [0.05, 0.1) is 11.5 Å². The third kappa shape index (κ3) is 4.18. The predicted molar refractivity (Wildman–Crippen MR) is 83.2 cm³/mol. The number of hydrogen-bond donors (Lipinski definition) is 1. The van der Waals surface area contributed by atoms with Crippen molar-refractivity contribution in [1.82, 2.24) is 5.32 Å². The molecule has 1 amide bonds. The lowest BCUT2D eigenvalue weighted by atomic mass is 10.1. The molecule has 2 rings (SSSR count). The molecule has 0 saturated carbocycles. The molecule has 1 saturated heterocycles. The largest absolute Gasteiger partial charge is 0.381 e. The second kappa shape index (κ2) is 6.64. The molecule has 0 spiro atoms. The van der Waals surface area contributed by atoms with Crippen LogP contribution >= 0.6 is 26.6 Å². The lowest BCUT2D eigenvalue weighted by Crippen LogP contribution is -2.29. The quantitative estimate of drug-likeness (QED) is 0.794. The summed E-state index contributed by atoms with van der Waals surface area (Å²) in [6.07, 6.45) is 0.916. The molecule has 0 bridgehead atoms. The Kier molecular flexibility index (Phi) is 5.29. The van der Waals surface area contributed by atoms with Gasteiger partial charge in [0, 0.05) is 39.8 Å². The van der Waals surface area contributed by atoms with Crippen molar-refractivity contribution in [3.05, 3.63) is 27.7 Å². The summed E-state index contributed by atoms with van der Waals surface area (Å²) in [5, 5.41) is 2.79. The number of ether oxygens (including phenoxy) is 1. The molecule has 21 heavy (non-hydrogen) atoms. The first-order valence-electron chi connectivity index (χ1n) is 6.40. The van der Waals surface area contributed by atoms with Crippen molar-refractivity contribution < 1.29 is 17.9 Å². The van der Waals surface area contributed by atoms with Gasteiger partial charge in [-0.2, -0.15) is 0 Å². The predicted octanol–water partition coefficient (Wildman–Crippen LogP) is 2.45. The number of carbonyl (C=O) groups is 1. The van der Waals surface area contributed by atoms with Gasteiger partial charge < -0.3 is 10.1 Å². The van der Waals surface area contributed by atoms with Crippen LogP contribution in [0.3, 0.4) is 0 Å². The highest BCUT2D eigenvalue weighted by atomic mass is 79.9. The van der Waals surface area contributed by atoms with E-state index in [-0.39, 0.29) is 16.4 Å². The van der Waals surface area contributed by atoms with Crippen LogP contribution in [0.25, 0.3) is 0 Å². The molecule has 1 aliphatic rings. The highest BCUT2D eigenvalue weighted by molar-refractivity contribution is 9.10. The first-order valence-corrected chi connectivity index (χ1v) is 9.50. The maximum Gasteiger partial charge on any atom is 0.261 e. The third-order valence-electron chi connectivity index (χ3n) is 3.40. The number of rotatable bonds is 4. The number of halogens is 2. The minimum atomic E-state index is -3.90. The minimum absolute atomic E-state index is 0.0621. The van der Waals surface area contributed by atoms with Gasteiger partial charge in [0.2, 0.25) is 0 Å². The lowest BCUT2D eigenvalue weighted by Gasteiger charge is -2.12. The van der Waals surface area contributed by atoms with Crippen molar-refractivity contribution in [2.75, 3.05) is 19.8 Å². The van der Waals surface area contributed by atoms with E-state index < -0.39 is 9.05 Å². The van der Waals surface area contributed by atoms with Crippen LogP contribution in [-0.4, -0.2) is 34.1 Å². The molecular formula is C13H15BrClNO4S. The molecular weight excluding hydrogens is 382 g/mol. The zero-order valence-electron chi connectivity index (χ0n) is 11.4. The van der Waals surface area contributed by atoms with Crippen LogP contribution in [0.5, 0.6) is 0 Å². The fourth-order valence-corrected chi connectivity index (χ4v) is 3.94. The number of nitrogens with one attached hydrogen (secondary N) is 1. The fraction of sp³-hybridized carbons (Fsp3) is 0.462. The van der Waals surface area contributed by atoms with E-state index in [0.717, 1.165) is 6.42 Å². The van der Waals surface area contributed by atoms with E-state index in [0.29, 0.717) is 35.7 Å². The van der Waals surface area contributed by atoms with Crippen LogP contribution in [0.4, 0.5) is 0 Å². The Morgan fingerprint density at radius 3 is 2.81 bits per heavy atom. The van der Waals surface area contributed by atoms with E-state index >= 15 is 0 Å². The van der Waals surface area contributed by atoms with Crippen LogP contribution in [-0.2, 0) is 13.8 Å². The average Bonchev–Trinajstić information content (AvgIpc) is 2.90. The van der Waals surface area contributed by atoms with Gasteiger partial charge in [0.15, 0.2) is 0 Å². The fourth-order valence-electron chi connectivity index (χ4n) is 2.12. The van der Waals surface area contributed by atoms with Crippen LogP contribution in [0.15, 0.2) is 21.5 Å². The van der Waals surface area contributed by atoms with Gasteiger partial charge in [-0.1, -0.05) is 15.9 Å². The van der Waals surface area contributed by atoms with Crippen molar-refractivity contribution in [2.24, 2.45) is 5.92 Å². The van der Waals surface area contributed by atoms with Gasteiger partial charge in [0.1, 0.15) is 0 Å². The van der Waals surface area contributed by atoms with E-state index in [1.165, 1.54) is 6.07 Å². The smallest absolute Gasteiger partial charge is 0.261 e. The van der Waals surface area contributed by atoms with Crippen molar-refractivity contribution in [3.63, 3.8) is 0 Å². The Morgan fingerprint density at radius 1 is 1.52 bits per heavy atom. The average molecular weight is 397 g/mol. The van der Waals surface area contributed by atoms with E-state index in [1.807, 2.05) is 0 Å². The van der Waals surface area contributed by atoms with Crippen molar-refractivity contribution in [3.8, 4) is 0 Å². The van der Waals surface area contributed by atoms with Crippen LogP contribution in [0, 0.1) is 12.8 Å². The topological polar surface area (TPSA) is 72.5 Å². The normalized spacial score (nSPS) is 18.7. The maximum absolute atomic E-state index is 12.1. The van der Waals surface area contributed by atoms with Crippen molar-refractivity contribution >= 4 is 41.6 Å². The Hall–Kier alpha value is -0.630. The van der Waals surface area contributed by atoms with Gasteiger partial charge in [-0.15, -0.1) is 0 Å². The summed E-state index contributed by atoms with van der Waals surface area (Å²) in [7, 11) is 1.50. The Morgan fingerprint density at radius 2 is 2.24 bits per heavy atom. The SMILES string of the molecule is Cc1c(Br)cc(C(=O)NCC2CCOC2)cc1S(=O)(=O)Cl. The number of benzene rings is 1. The summed E-state index contributed by atoms with van der Waals surface area (Å²) in [6, 6.07) is 2.88. The summed E-state index contributed by atoms with van der Waals surface area (Å²) in [4.78, 5) is 12.1. The minimum Gasteiger partial charge on any atom is -0.381 e. The standard InChI is InChI=1S/C13H15BrClNO4S/c1-8-11(14)4-10(5-12(8)21(15,18)19)13(17)16-6-9-2-3-20-7-9/h4-5,9H,2-3,6-7H2,1H3,(H,16,17). The van der Waals surface area contributed by atoms with Crippen LogP contribution in [0.1, 0.15) is 22.3 Å². The van der Waals surface area contributed by atoms with Crippen molar-refractivity contribution in [1.29, 1.82) is 0 Å². The Balaban J connectivity index is 2.19. The summed E-state index contributed by atoms with van der Waals surface area (Å²) >= 11 is 3.25. The van der Waals surface area contributed by atoms with Gasteiger partial charge in [-0.05, 0) is 31.0 Å². The first kappa shape index (κ1) is 16.7. The molecule has 1 fully saturated rings. The van der Waals surface area contributed by atoms with Gasteiger partial charge in [-0.25, -0.2) is 8.42 Å². The molecule has 1 aromatic rings. The van der Waals surface area contributed by atoms with E-state index in [2.05, 4.69) is 21.2 Å². The summed E-state index contributed by atoms with van der Waals surface area (Å²) in [5.74, 6) is -0.0248. The monoisotopic (exact) mass is 395 g/mol. The second-order valence-corrected chi connectivity index (χ2v) is 8.35. The lowest BCUT2D eigenvalue weighted by molar-refractivity contribution is 0.0944. The zero-order valence-corrected chi connectivity index (χ0v) is 14.5. The molecule has 1 N–H and O–H groups in total. The molecule has 116 valence electrons. The Bertz CT molecular complexity index is 656. The van der Waals surface area contributed by atoms with Crippen LogP contribution < -0.4 is 5.32 Å². The molecule has 1 atom stereocenters. The molecule has 1 aliphatic heterocycles. The number of hydrogen-bond acceptors (Lipinski definition) is 4. The Labute approximate surface area is 136 Å². The molecule has 1 aromatic carbocycles. The number of amides is 1. The highest BCUT2D eigenvalue weighted by Gasteiger charge is 2.21. The summed E-state index contributed by atoms with van der Waals surface area (Å²) in [6.45, 7) is 3.48. The van der Waals surface area contributed by atoms with Crippen LogP contribution in [0.2, 0.25) is 0 Å². The van der Waals surface area contributed by atoms with Crippen molar-refractivity contribution in [2.45, 2.75) is 18.2 Å². The maximum atomic E-state index is 12.1. The van der Waals surface area contributed by atoms with Gasteiger partial charge in [-0.3, -0.25) is 4.79 Å². The molecule has 0 radical (unpaired) electrons. The van der Waals surface area contributed by atoms with Gasteiger partial charge >= 0.3 is 0 Å². The molecule has 8 heteroatoms. The summed E-state index contributed by atoms with van der Waals surface area (Å²) in [5.41, 5.74) is 0.733.